The Hall–Kier alpha value is -4.34. The van der Waals surface area contributed by atoms with Crippen LogP contribution in [-0.2, 0) is 28.7 Å². The van der Waals surface area contributed by atoms with Crippen molar-refractivity contribution < 1.29 is 28.7 Å². The van der Waals surface area contributed by atoms with Crippen LogP contribution in [0.25, 0.3) is 0 Å². The molecular formula is C27H27N7O6S2. The minimum atomic E-state index is -1.67. The largest absolute Gasteiger partial charge is 0.448 e. The van der Waals surface area contributed by atoms with Gasteiger partial charge in [0.25, 0.3) is 17.7 Å². The number of amides is 4. The number of hydrogen-bond acceptors (Lipinski definition) is 11. The molecule has 0 saturated carbocycles. The number of thioether (sulfide) groups is 2. The Balaban J connectivity index is 1.46. The Morgan fingerprint density at radius 1 is 1.19 bits per heavy atom. The fraction of sp³-hybridized carbons (Fsp3) is 0.259. The van der Waals surface area contributed by atoms with Crippen LogP contribution in [0.3, 0.4) is 0 Å². The summed E-state index contributed by atoms with van der Waals surface area (Å²) in [6, 6.07) is 18.4. The Labute approximate surface area is 249 Å². The summed E-state index contributed by atoms with van der Waals surface area (Å²) in [4.78, 5) is 63.5. The third kappa shape index (κ3) is 5.33. The van der Waals surface area contributed by atoms with Gasteiger partial charge in [0, 0.05) is 18.6 Å². The molecule has 1 fully saturated rings. The van der Waals surface area contributed by atoms with Gasteiger partial charge in [0.05, 0.1) is 0 Å². The van der Waals surface area contributed by atoms with Gasteiger partial charge in [-0.1, -0.05) is 60.7 Å². The molecule has 2 aromatic rings. The van der Waals surface area contributed by atoms with Gasteiger partial charge in [-0.3, -0.25) is 34.8 Å². The van der Waals surface area contributed by atoms with Crippen molar-refractivity contribution >= 4 is 59.3 Å². The molecule has 13 nitrogen and oxygen atoms in total. The highest BCUT2D eigenvalue weighted by molar-refractivity contribution is 8.01. The van der Waals surface area contributed by atoms with Crippen LogP contribution in [0.1, 0.15) is 17.2 Å². The van der Waals surface area contributed by atoms with Gasteiger partial charge in [-0.2, -0.15) is 5.10 Å². The minimum Gasteiger partial charge on any atom is -0.448 e. The molecule has 0 bridgehead atoms. The Morgan fingerprint density at radius 2 is 1.81 bits per heavy atom. The molecule has 4 amide bonds. The highest BCUT2D eigenvalue weighted by Gasteiger charge is 2.63. The summed E-state index contributed by atoms with van der Waals surface area (Å²) in [6.45, 7) is 0. The van der Waals surface area contributed by atoms with E-state index >= 15 is 0 Å². The molecule has 3 aliphatic rings. The number of nitrogens with two attached hydrogens (primary N) is 2. The molecule has 5 rings (SSSR count). The molecule has 1 unspecified atom stereocenters. The number of fused-ring (bicyclic) bond motifs is 1. The molecule has 0 aromatic heterocycles. The SMILES string of the molecule is CN1N=C(C(N)=O)C(=O)NC1SCC1=C(C(=O)OC(c2ccccc2)c2ccccc2)N2C(=O)[C@](N)(NC=O)[C@H]2SC1. The van der Waals surface area contributed by atoms with Gasteiger partial charge in [-0.25, -0.2) is 4.79 Å². The molecule has 6 N–H and O–H groups in total. The molecular weight excluding hydrogens is 582 g/mol. The van der Waals surface area contributed by atoms with Crippen molar-refractivity contribution in [3.05, 3.63) is 83.1 Å². The predicted molar refractivity (Wildman–Crippen MR) is 156 cm³/mol. The minimum absolute atomic E-state index is 0.0213. The quantitative estimate of drug-likeness (QED) is 0.122. The molecule has 218 valence electrons. The third-order valence-electron chi connectivity index (χ3n) is 6.82. The van der Waals surface area contributed by atoms with Gasteiger partial charge >= 0.3 is 5.97 Å². The summed E-state index contributed by atoms with van der Waals surface area (Å²) in [6.07, 6.45) is -0.418. The zero-order chi connectivity index (χ0) is 30.0. The monoisotopic (exact) mass is 609 g/mol. The molecule has 15 heteroatoms. The standard InChI is InChI=1S/C27H27N7O6S2/c1-33-26(31-22(37)18(32-33)21(28)36)42-13-17-12-41-25-27(29,30-14-35)24(39)34(25)19(17)23(38)40-20(15-8-4-2-5-9-15)16-10-6-3-7-11-16/h2-11,14,20,25-26H,12-13,29H2,1H3,(H2,28,36)(H,30,35)(H,31,37)/t25-,26?,27+/m1/s1. The van der Waals surface area contributed by atoms with E-state index in [4.69, 9.17) is 16.2 Å². The van der Waals surface area contributed by atoms with Gasteiger partial charge in [0.2, 0.25) is 17.8 Å². The smallest absolute Gasteiger partial charge is 0.356 e. The molecule has 0 aliphatic carbocycles. The lowest BCUT2D eigenvalue weighted by molar-refractivity contribution is -0.160. The summed E-state index contributed by atoms with van der Waals surface area (Å²) in [5.41, 5.74) is 10.7. The summed E-state index contributed by atoms with van der Waals surface area (Å²) in [5, 5.41) is 9.63. The van der Waals surface area contributed by atoms with Crippen LogP contribution in [0.15, 0.2) is 77.0 Å². The van der Waals surface area contributed by atoms with Crippen LogP contribution in [0, 0.1) is 0 Å². The number of carbonyl (C=O) groups excluding carboxylic acids is 5. The second-order valence-electron chi connectivity index (χ2n) is 9.55. The lowest BCUT2D eigenvalue weighted by atomic mass is 9.96. The predicted octanol–water partition coefficient (Wildman–Crippen LogP) is -0.191. The maximum absolute atomic E-state index is 14.0. The van der Waals surface area contributed by atoms with Crippen molar-refractivity contribution in [2.75, 3.05) is 18.6 Å². The lowest BCUT2D eigenvalue weighted by Gasteiger charge is -2.55. The van der Waals surface area contributed by atoms with E-state index in [2.05, 4.69) is 15.7 Å². The summed E-state index contributed by atoms with van der Waals surface area (Å²) in [7, 11) is 1.56. The third-order valence-corrected chi connectivity index (χ3v) is 9.49. The molecule has 0 spiro atoms. The van der Waals surface area contributed by atoms with Crippen molar-refractivity contribution in [1.82, 2.24) is 20.5 Å². The highest BCUT2D eigenvalue weighted by Crippen LogP contribution is 2.45. The first-order valence-electron chi connectivity index (χ1n) is 12.7. The zero-order valence-electron chi connectivity index (χ0n) is 22.3. The van der Waals surface area contributed by atoms with E-state index in [1.165, 1.54) is 33.4 Å². The second kappa shape index (κ2) is 11.9. The number of β-lactam (4-membered cyclic amide) rings is 1. The van der Waals surface area contributed by atoms with Crippen molar-refractivity contribution in [3.8, 4) is 0 Å². The van der Waals surface area contributed by atoms with Crippen LogP contribution >= 0.6 is 23.5 Å². The Morgan fingerprint density at radius 3 is 2.38 bits per heavy atom. The molecule has 42 heavy (non-hydrogen) atoms. The van der Waals surface area contributed by atoms with Crippen molar-refractivity contribution in [2.45, 2.75) is 22.6 Å². The average molecular weight is 610 g/mol. The van der Waals surface area contributed by atoms with Crippen molar-refractivity contribution in [2.24, 2.45) is 16.6 Å². The molecule has 1 saturated heterocycles. The van der Waals surface area contributed by atoms with E-state index < -0.39 is 52.0 Å². The van der Waals surface area contributed by atoms with E-state index in [9.17, 15) is 24.0 Å². The molecule has 2 aromatic carbocycles. The first kappa shape index (κ1) is 29.2. The Bertz CT molecular complexity index is 1450. The van der Waals surface area contributed by atoms with Crippen LogP contribution in [0.4, 0.5) is 0 Å². The van der Waals surface area contributed by atoms with Gasteiger partial charge in [0.15, 0.2) is 11.6 Å². The topological polar surface area (TPSA) is 190 Å². The normalized spacial score (nSPS) is 23.5. The summed E-state index contributed by atoms with van der Waals surface area (Å²) >= 11 is 2.50. The molecule has 3 heterocycles. The summed E-state index contributed by atoms with van der Waals surface area (Å²) in [5.74, 6) is -2.61. The van der Waals surface area contributed by atoms with E-state index in [0.717, 1.165) is 11.1 Å². The zero-order valence-corrected chi connectivity index (χ0v) is 23.9. The fourth-order valence-electron chi connectivity index (χ4n) is 4.74. The van der Waals surface area contributed by atoms with Gasteiger partial charge in [-0.05, 0) is 16.7 Å². The van der Waals surface area contributed by atoms with Gasteiger partial charge in [-0.15, -0.1) is 23.5 Å². The van der Waals surface area contributed by atoms with Gasteiger partial charge < -0.3 is 21.1 Å². The van der Waals surface area contributed by atoms with E-state index in [0.29, 0.717) is 12.0 Å². The number of hydrogen-bond donors (Lipinski definition) is 4. The fourth-order valence-corrected chi connectivity index (χ4v) is 7.30. The van der Waals surface area contributed by atoms with Gasteiger partial charge in [0.1, 0.15) is 11.1 Å². The number of ether oxygens (including phenoxy) is 1. The maximum Gasteiger partial charge on any atom is 0.356 e. The van der Waals surface area contributed by atoms with Crippen LogP contribution in [-0.4, -0.2) is 80.8 Å². The Kier molecular flexibility index (Phi) is 8.24. The molecule has 3 aliphatic heterocycles. The van der Waals surface area contributed by atoms with E-state index in [1.807, 2.05) is 60.7 Å². The van der Waals surface area contributed by atoms with Crippen LogP contribution in [0.2, 0.25) is 0 Å². The van der Waals surface area contributed by atoms with Crippen LogP contribution in [0.5, 0.6) is 0 Å². The van der Waals surface area contributed by atoms with E-state index in [-0.39, 0.29) is 17.2 Å². The lowest BCUT2D eigenvalue weighted by Crippen LogP contribution is -2.83. The van der Waals surface area contributed by atoms with E-state index in [1.54, 1.807) is 7.05 Å². The highest BCUT2D eigenvalue weighted by atomic mass is 32.2. The number of carbonyl (C=O) groups is 5. The van der Waals surface area contributed by atoms with Crippen molar-refractivity contribution in [3.63, 3.8) is 0 Å². The van der Waals surface area contributed by atoms with Crippen LogP contribution < -0.4 is 22.1 Å². The summed E-state index contributed by atoms with van der Waals surface area (Å²) < 4.78 is 6.10. The number of hydrazone groups is 1. The first-order valence-corrected chi connectivity index (χ1v) is 14.8. The molecule has 0 radical (unpaired) electrons. The number of esters is 1. The number of nitrogens with one attached hydrogen (secondary N) is 2. The first-order chi connectivity index (χ1) is 20.2. The number of benzene rings is 2. The molecule has 3 atom stereocenters. The second-order valence-corrected chi connectivity index (χ2v) is 11.7. The number of primary amides is 1. The maximum atomic E-state index is 14.0. The van der Waals surface area contributed by atoms with Crippen molar-refractivity contribution in [1.29, 1.82) is 0 Å². The number of rotatable bonds is 10. The number of nitrogens with zero attached hydrogens (tertiary/aromatic N) is 3. The average Bonchev–Trinajstić information content (AvgIpc) is 3.00.